The van der Waals surface area contributed by atoms with E-state index in [-0.39, 0.29) is 26.5 Å². The molecular weight excluding hydrogens is 341 g/mol. The number of nitro groups is 1. The molecule has 2 rings (SSSR count). The molecule has 0 aromatic carbocycles. The van der Waals surface area contributed by atoms with E-state index in [0.717, 1.165) is 17.8 Å². The Hall–Kier alpha value is -1.77. The zero-order chi connectivity index (χ0) is 15.7. The molecule has 0 spiro atoms. The number of hydrogen-bond acceptors (Lipinski definition) is 5. The fraction of sp³-hybridized carbons (Fsp3) is 0.0909. The minimum atomic E-state index is -1.26. The summed E-state index contributed by atoms with van der Waals surface area (Å²) in [6.45, 7) is 0. The summed E-state index contributed by atoms with van der Waals surface area (Å²) < 4.78 is 1.21. The Kier molecular flexibility index (Phi) is 4.40. The summed E-state index contributed by atoms with van der Waals surface area (Å²) in [6, 6.07) is 0.994. The Morgan fingerprint density at radius 2 is 2.00 bits per heavy atom. The summed E-state index contributed by atoms with van der Waals surface area (Å²) in [5, 5.41) is 20.7. The maximum Gasteiger partial charge on any atom is 0.352 e. The van der Waals surface area contributed by atoms with Gasteiger partial charge in [0.15, 0.2) is 5.03 Å². The van der Waals surface area contributed by atoms with E-state index in [4.69, 9.17) is 28.3 Å². The quantitative estimate of drug-likeness (QED) is 0.671. The zero-order valence-corrected chi connectivity index (χ0v) is 12.7. The molecule has 2 heterocycles. The van der Waals surface area contributed by atoms with Crippen molar-refractivity contribution in [2.24, 2.45) is 7.05 Å². The van der Waals surface area contributed by atoms with Crippen molar-refractivity contribution in [1.82, 2.24) is 9.55 Å². The standard InChI is InChI=1S/C11H7Cl2N3O4S/c1-15-8(11(17)18)2-7(16(19)20)10(15)21-9-5(12)3-14-4-6(9)13/h2-4H,1H3,(H,17,18). The van der Waals surface area contributed by atoms with Gasteiger partial charge in [0, 0.05) is 19.4 Å². The average molecular weight is 348 g/mol. The molecular formula is C11H7Cl2N3O4S. The number of pyridine rings is 1. The van der Waals surface area contributed by atoms with Crippen LogP contribution in [0.25, 0.3) is 0 Å². The molecule has 10 heteroatoms. The van der Waals surface area contributed by atoms with Crippen LogP contribution in [0, 0.1) is 10.1 Å². The van der Waals surface area contributed by atoms with Crippen LogP contribution in [0.15, 0.2) is 28.4 Å². The van der Waals surface area contributed by atoms with Crippen LogP contribution in [0.4, 0.5) is 5.69 Å². The monoisotopic (exact) mass is 347 g/mol. The Bertz CT molecular complexity index is 727. The third kappa shape index (κ3) is 2.97. The van der Waals surface area contributed by atoms with Gasteiger partial charge >= 0.3 is 11.7 Å². The van der Waals surface area contributed by atoms with Gasteiger partial charge in [0.2, 0.25) is 0 Å². The smallest absolute Gasteiger partial charge is 0.352 e. The third-order valence-corrected chi connectivity index (χ3v) is 4.70. The number of carboxylic acid groups (broad SMARTS) is 1. The fourth-order valence-electron chi connectivity index (χ4n) is 1.62. The lowest BCUT2D eigenvalue weighted by Crippen LogP contribution is -2.04. The van der Waals surface area contributed by atoms with Crippen LogP contribution in [0.2, 0.25) is 10.0 Å². The molecule has 0 aliphatic carbocycles. The van der Waals surface area contributed by atoms with Gasteiger partial charge in [0.05, 0.1) is 25.9 Å². The Morgan fingerprint density at radius 3 is 2.48 bits per heavy atom. The molecule has 2 aromatic rings. The lowest BCUT2D eigenvalue weighted by atomic mass is 10.4. The van der Waals surface area contributed by atoms with Crippen LogP contribution in [-0.2, 0) is 7.05 Å². The minimum Gasteiger partial charge on any atom is -0.477 e. The summed E-state index contributed by atoms with van der Waals surface area (Å²) >= 11 is 12.9. The van der Waals surface area contributed by atoms with Crippen molar-refractivity contribution >= 4 is 46.6 Å². The highest BCUT2D eigenvalue weighted by Crippen LogP contribution is 2.42. The van der Waals surface area contributed by atoms with E-state index in [2.05, 4.69) is 4.98 Å². The first kappa shape index (κ1) is 15.6. The maximum absolute atomic E-state index is 11.1. The fourth-order valence-corrected chi connectivity index (χ4v) is 3.18. The zero-order valence-electron chi connectivity index (χ0n) is 10.4. The van der Waals surface area contributed by atoms with Gasteiger partial charge in [-0.15, -0.1) is 0 Å². The molecule has 0 saturated carbocycles. The first-order chi connectivity index (χ1) is 9.82. The molecule has 110 valence electrons. The van der Waals surface area contributed by atoms with Gasteiger partial charge in [-0.25, -0.2) is 4.79 Å². The summed E-state index contributed by atoms with van der Waals surface area (Å²) in [4.78, 5) is 25.7. The predicted molar refractivity (Wildman–Crippen MR) is 77.4 cm³/mol. The molecule has 7 nitrogen and oxygen atoms in total. The van der Waals surface area contributed by atoms with Gasteiger partial charge in [-0.3, -0.25) is 15.1 Å². The molecule has 0 atom stereocenters. The van der Waals surface area contributed by atoms with Crippen molar-refractivity contribution < 1.29 is 14.8 Å². The summed E-state index contributed by atoms with van der Waals surface area (Å²) in [5.74, 6) is -1.26. The molecule has 2 aromatic heterocycles. The van der Waals surface area contributed by atoms with Gasteiger partial charge in [0.25, 0.3) is 0 Å². The molecule has 0 radical (unpaired) electrons. The molecule has 0 amide bonds. The van der Waals surface area contributed by atoms with Crippen LogP contribution in [0.3, 0.4) is 0 Å². The van der Waals surface area contributed by atoms with Crippen molar-refractivity contribution in [2.45, 2.75) is 9.92 Å². The number of aromatic carboxylic acids is 1. The number of nitrogens with zero attached hydrogens (tertiary/aromatic N) is 3. The normalized spacial score (nSPS) is 10.6. The summed E-state index contributed by atoms with van der Waals surface area (Å²) in [6.07, 6.45) is 2.70. The minimum absolute atomic E-state index is 0.118. The van der Waals surface area contributed by atoms with Crippen LogP contribution < -0.4 is 0 Å². The van der Waals surface area contributed by atoms with Gasteiger partial charge in [-0.05, 0) is 0 Å². The second kappa shape index (κ2) is 5.92. The highest BCUT2D eigenvalue weighted by atomic mass is 35.5. The van der Waals surface area contributed by atoms with E-state index >= 15 is 0 Å². The molecule has 0 unspecified atom stereocenters. The molecule has 0 bridgehead atoms. The van der Waals surface area contributed by atoms with E-state index < -0.39 is 10.9 Å². The van der Waals surface area contributed by atoms with Gasteiger partial charge < -0.3 is 9.67 Å². The Balaban J connectivity index is 2.58. The number of carbonyl (C=O) groups is 1. The molecule has 0 aliphatic rings. The van der Waals surface area contributed by atoms with Crippen LogP contribution >= 0.6 is 35.0 Å². The number of hydrogen-bond donors (Lipinski definition) is 1. The maximum atomic E-state index is 11.1. The first-order valence-corrected chi connectivity index (χ1v) is 6.94. The first-order valence-electron chi connectivity index (χ1n) is 5.37. The van der Waals surface area contributed by atoms with Gasteiger partial charge in [-0.1, -0.05) is 35.0 Å². The highest BCUT2D eigenvalue weighted by Gasteiger charge is 2.27. The van der Waals surface area contributed by atoms with Crippen molar-refractivity contribution in [1.29, 1.82) is 0 Å². The highest BCUT2D eigenvalue weighted by molar-refractivity contribution is 7.99. The number of carboxylic acids is 1. The summed E-state index contributed by atoms with van der Waals surface area (Å²) in [7, 11) is 1.42. The van der Waals surface area contributed by atoms with Gasteiger partial charge in [0.1, 0.15) is 5.69 Å². The number of halogens is 2. The molecule has 21 heavy (non-hydrogen) atoms. The molecule has 0 aliphatic heterocycles. The third-order valence-electron chi connectivity index (χ3n) is 2.58. The lowest BCUT2D eigenvalue weighted by Gasteiger charge is -2.07. The van der Waals surface area contributed by atoms with Crippen molar-refractivity contribution in [2.75, 3.05) is 0 Å². The number of aromatic nitrogens is 2. The van der Waals surface area contributed by atoms with Gasteiger partial charge in [-0.2, -0.15) is 0 Å². The molecule has 1 N–H and O–H groups in total. The molecule has 0 saturated heterocycles. The largest absolute Gasteiger partial charge is 0.477 e. The van der Waals surface area contributed by atoms with E-state index in [9.17, 15) is 14.9 Å². The van der Waals surface area contributed by atoms with Crippen LogP contribution in [0.1, 0.15) is 10.5 Å². The second-order valence-electron chi connectivity index (χ2n) is 3.88. The van der Waals surface area contributed by atoms with E-state index in [1.807, 2.05) is 0 Å². The van der Waals surface area contributed by atoms with E-state index in [1.165, 1.54) is 24.0 Å². The molecule has 0 fully saturated rings. The van der Waals surface area contributed by atoms with Crippen molar-refractivity contribution in [3.8, 4) is 0 Å². The van der Waals surface area contributed by atoms with Crippen LogP contribution in [0.5, 0.6) is 0 Å². The van der Waals surface area contributed by atoms with Crippen molar-refractivity contribution in [3.05, 3.63) is 44.3 Å². The Morgan fingerprint density at radius 1 is 1.43 bits per heavy atom. The van der Waals surface area contributed by atoms with E-state index in [1.54, 1.807) is 0 Å². The van der Waals surface area contributed by atoms with Crippen LogP contribution in [-0.4, -0.2) is 25.6 Å². The lowest BCUT2D eigenvalue weighted by molar-refractivity contribution is -0.387. The topological polar surface area (TPSA) is 98.3 Å². The summed E-state index contributed by atoms with van der Waals surface area (Å²) in [5.41, 5.74) is -0.533. The Labute approximate surface area is 132 Å². The van der Waals surface area contributed by atoms with E-state index in [0.29, 0.717) is 4.90 Å². The predicted octanol–water partition coefficient (Wildman–Crippen LogP) is 3.48. The average Bonchev–Trinajstić information content (AvgIpc) is 2.72. The second-order valence-corrected chi connectivity index (χ2v) is 5.69. The number of rotatable bonds is 4. The SMILES string of the molecule is Cn1c(C(=O)O)cc([N+](=O)[O-])c1Sc1c(Cl)cncc1Cl. The van der Waals surface area contributed by atoms with Crippen molar-refractivity contribution in [3.63, 3.8) is 0 Å².